The highest BCUT2D eigenvalue weighted by molar-refractivity contribution is 4.99. The van der Waals surface area contributed by atoms with Gasteiger partial charge < -0.3 is 19.5 Å². The Morgan fingerprint density at radius 2 is 2.26 bits per heavy atom. The molecule has 0 radical (unpaired) electrons. The van der Waals surface area contributed by atoms with Crippen LogP contribution in [-0.4, -0.2) is 51.2 Å². The lowest BCUT2D eigenvalue weighted by Crippen LogP contribution is -2.56. The second-order valence-corrected chi connectivity index (χ2v) is 6.22. The molecule has 0 bridgehead atoms. The third kappa shape index (κ3) is 2.97. The molecule has 0 aromatic rings. The number of likely N-dealkylation sites (N-methyl/N-ethyl adjacent to an activating group) is 1. The van der Waals surface area contributed by atoms with Gasteiger partial charge in [0, 0.05) is 32.8 Å². The number of hydrogen-bond acceptors (Lipinski definition) is 4. The normalized spacial score (nSPS) is 36.3. The summed E-state index contributed by atoms with van der Waals surface area (Å²) in [4.78, 5) is 0. The Morgan fingerprint density at radius 3 is 2.79 bits per heavy atom. The molecule has 2 fully saturated rings. The minimum Gasteiger partial charge on any atom is -0.378 e. The SMILES string of the molecule is CCC(C)(OC)C(NC)C1CCOC2(CCOC2)C1. The molecule has 2 rings (SSSR count). The van der Waals surface area contributed by atoms with E-state index < -0.39 is 0 Å². The first-order valence-electron chi connectivity index (χ1n) is 7.53. The van der Waals surface area contributed by atoms with E-state index in [0.717, 1.165) is 45.5 Å². The van der Waals surface area contributed by atoms with E-state index in [1.807, 2.05) is 14.2 Å². The summed E-state index contributed by atoms with van der Waals surface area (Å²) in [6.07, 6.45) is 4.23. The van der Waals surface area contributed by atoms with Crippen LogP contribution in [-0.2, 0) is 14.2 Å². The zero-order valence-corrected chi connectivity index (χ0v) is 12.8. The molecular formula is C15H29NO3. The zero-order chi connectivity index (χ0) is 13.9. The largest absolute Gasteiger partial charge is 0.378 e. The average molecular weight is 271 g/mol. The van der Waals surface area contributed by atoms with Crippen molar-refractivity contribution in [3.05, 3.63) is 0 Å². The van der Waals surface area contributed by atoms with E-state index in [4.69, 9.17) is 14.2 Å². The smallest absolute Gasteiger partial charge is 0.0939 e. The Balaban J connectivity index is 2.10. The molecule has 0 aromatic heterocycles. The number of methoxy groups -OCH3 is 1. The summed E-state index contributed by atoms with van der Waals surface area (Å²) in [5.74, 6) is 0.588. The highest BCUT2D eigenvalue weighted by Crippen LogP contribution is 2.40. The van der Waals surface area contributed by atoms with E-state index in [1.165, 1.54) is 0 Å². The van der Waals surface area contributed by atoms with Gasteiger partial charge in [0.05, 0.1) is 17.8 Å². The van der Waals surface area contributed by atoms with Crippen molar-refractivity contribution in [2.45, 2.75) is 56.8 Å². The summed E-state index contributed by atoms with van der Waals surface area (Å²) >= 11 is 0. The van der Waals surface area contributed by atoms with Crippen LogP contribution in [0, 0.1) is 5.92 Å². The van der Waals surface area contributed by atoms with Gasteiger partial charge in [-0.3, -0.25) is 0 Å². The average Bonchev–Trinajstić information content (AvgIpc) is 2.87. The second kappa shape index (κ2) is 6.08. The van der Waals surface area contributed by atoms with Crippen molar-refractivity contribution in [1.29, 1.82) is 0 Å². The summed E-state index contributed by atoms with van der Waals surface area (Å²) < 4.78 is 17.4. The van der Waals surface area contributed by atoms with Crippen molar-refractivity contribution in [2.24, 2.45) is 5.92 Å². The summed E-state index contributed by atoms with van der Waals surface area (Å²) in [6.45, 7) is 6.85. The lowest BCUT2D eigenvalue weighted by Gasteiger charge is -2.46. The van der Waals surface area contributed by atoms with E-state index in [0.29, 0.717) is 12.0 Å². The zero-order valence-electron chi connectivity index (χ0n) is 12.8. The van der Waals surface area contributed by atoms with Gasteiger partial charge in [0.15, 0.2) is 0 Å². The predicted octanol–water partition coefficient (Wildman–Crippen LogP) is 1.98. The second-order valence-electron chi connectivity index (χ2n) is 6.22. The van der Waals surface area contributed by atoms with Gasteiger partial charge in [-0.25, -0.2) is 0 Å². The minimum absolute atomic E-state index is 0.0274. The first kappa shape index (κ1) is 15.2. The van der Waals surface area contributed by atoms with E-state index in [2.05, 4.69) is 19.2 Å². The Labute approximate surface area is 117 Å². The van der Waals surface area contributed by atoms with Gasteiger partial charge in [-0.1, -0.05) is 6.92 Å². The number of ether oxygens (including phenoxy) is 3. The first-order chi connectivity index (χ1) is 9.09. The maximum absolute atomic E-state index is 6.04. The molecule has 2 saturated heterocycles. The van der Waals surface area contributed by atoms with Gasteiger partial charge in [-0.05, 0) is 39.2 Å². The van der Waals surface area contributed by atoms with Crippen LogP contribution in [0.5, 0.6) is 0 Å². The van der Waals surface area contributed by atoms with Crippen LogP contribution in [0.3, 0.4) is 0 Å². The van der Waals surface area contributed by atoms with Crippen molar-refractivity contribution in [2.75, 3.05) is 34.0 Å². The Hall–Kier alpha value is -0.160. The fraction of sp³-hybridized carbons (Fsp3) is 1.00. The molecule has 1 N–H and O–H groups in total. The van der Waals surface area contributed by atoms with E-state index >= 15 is 0 Å². The maximum atomic E-state index is 6.04. The van der Waals surface area contributed by atoms with Crippen molar-refractivity contribution < 1.29 is 14.2 Å². The van der Waals surface area contributed by atoms with Gasteiger partial charge in [0.2, 0.25) is 0 Å². The summed E-state index contributed by atoms with van der Waals surface area (Å²) in [7, 11) is 3.87. The number of nitrogens with one attached hydrogen (secondary N) is 1. The first-order valence-corrected chi connectivity index (χ1v) is 7.53. The van der Waals surface area contributed by atoms with Gasteiger partial charge in [-0.15, -0.1) is 0 Å². The molecule has 4 nitrogen and oxygen atoms in total. The molecule has 0 amide bonds. The molecule has 0 aromatic carbocycles. The molecule has 2 aliphatic heterocycles. The van der Waals surface area contributed by atoms with Crippen LogP contribution >= 0.6 is 0 Å². The topological polar surface area (TPSA) is 39.7 Å². The summed E-state index contributed by atoms with van der Waals surface area (Å²) in [5, 5.41) is 3.50. The minimum atomic E-state index is -0.114. The quantitative estimate of drug-likeness (QED) is 0.830. The Kier molecular flexibility index (Phi) is 4.88. The third-order valence-corrected chi connectivity index (χ3v) is 5.21. The fourth-order valence-corrected chi connectivity index (χ4v) is 3.74. The lowest BCUT2D eigenvalue weighted by atomic mass is 9.75. The maximum Gasteiger partial charge on any atom is 0.0939 e. The summed E-state index contributed by atoms with van der Waals surface area (Å²) in [6, 6.07) is 0.365. The van der Waals surface area contributed by atoms with Crippen molar-refractivity contribution in [3.8, 4) is 0 Å². The predicted molar refractivity (Wildman–Crippen MR) is 75.4 cm³/mol. The monoisotopic (exact) mass is 271 g/mol. The summed E-state index contributed by atoms with van der Waals surface area (Å²) in [5.41, 5.74) is -0.141. The Bertz CT molecular complexity index is 285. The van der Waals surface area contributed by atoms with E-state index in [1.54, 1.807) is 0 Å². The van der Waals surface area contributed by atoms with Gasteiger partial charge >= 0.3 is 0 Å². The van der Waals surface area contributed by atoms with Crippen LogP contribution in [0.4, 0.5) is 0 Å². The molecule has 2 heterocycles. The molecule has 19 heavy (non-hydrogen) atoms. The van der Waals surface area contributed by atoms with Crippen LogP contribution < -0.4 is 5.32 Å². The number of hydrogen-bond donors (Lipinski definition) is 1. The molecular weight excluding hydrogens is 242 g/mol. The van der Waals surface area contributed by atoms with Crippen molar-refractivity contribution in [1.82, 2.24) is 5.32 Å². The van der Waals surface area contributed by atoms with Crippen LogP contribution in [0.1, 0.15) is 39.5 Å². The van der Waals surface area contributed by atoms with Crippen LogP contribution in [0.25, 0.3) is 0 Å². The fourth-order valence-electron chi connectivity index (χ4n) is 3.74. The highest BCUT2D eigenvalue weighted by Gasteiger charge is 2.46. The lowest BCUT2D eigenvalue weighted by molar-refractivity contribution is -0.123. The van der Waals surface area contributed by atoms with Crippen LogP contribution in [0.2, 0.25) is 0 Å². The van der Waals surface area contributed by atoms with E-state index in [-0.39, 0.29) is 11.2 Å². The Morgan fingerprint density at radius 1 is 1.47 bits per heavy atom. The molecule has 4 heteroatoms. The van der Waals surface area contributed by atoms with E-state index in [9.17, 15) is 0 Å². The van der Waals surface area contributed by atoms with Crippen molar-refractivity contribution in [3.63, 3.8) is 0 Å². The third-order valence-electron chi connectivity index (χ3n) is 5.21. The van der Waals surface area contributed by atoms with Gasteiger partial charge in [-0.2, -0.15) is 0 Å². The molecule has 0 saturated carbocycles. The molecule has 0 aliphatic carbocycles. The van der Waals surface area contributed by atoms with Crippen LogP contribution in [0.15, 0.2) is 0 Å². The van der Waals surface area contributed by atoms with Crippen molar-refractivity contribution >= 4 is 0 Å². The molecule has 2 aliphatic rings. The molecule has 4 atom stereocenters. The van der Waals surface area contributed by atoms with Gasteiger partial charge in [0.25, 0.3) is 0 Å². The number of rotatable bonds is 5. The standard InChI is InChI=1S/C15H29NO3/c1-5-14(2,17-4)13(16-3)12-6-8-19-15(10-12)7-9-18-11-15/h12-13,16H,5-11H2,1-4H3. The molecule has 1 spiro atoms. The van der Waals surface area contributed by atoms with Gasteiger partial charge in [0.1, 0.15) is 0 Å². The molecule has 112 valence electrons. The molecule has 4 unspecified atom stereocenters. The highest BCUT2D eigenvalue weighted by atomic mass is 16.6.